The highest BCUT2D eigenvalue weighted by Gasteiger charge is 2.37. The normalized spacial score (nSPS) is 23.6. The predicted molar refractivity (Wildman–Crippen MR) is 78.2 cm³/mol. The number of amides is 2. The van der Waals surface area contributed by atoms with Gasteiger partial charge in [-0.2, -0.15) is 0 Å². The van der Waals surface area contributed by atoms with Crippen molar-refractivity contribution in [3.63, 3.8) is 0 Å². The number of hydrogen-bond donors (Lipinski definition) is 1. The van der Waals surface area contributed by atoms with Crippen LogP contribution in [0.2, 0.25) is 0 Å². The summed E-state index contributed by atoms with van der Waals surface area (Å²) in [4.78, 5) is 26.0. The van der Waals surface area contributed by atoms with Gasteiger partial charge in [-0.15, -0.1) is 0 Å². The zero-order chi connectivity index (χ0) is 15.3. The largest absolute Gasteiger partial charge is 0.379 e. The molecule has 0 aromatic heterocycles. The number of nitrogens with one attached hydrogen (secondary N) is 1. The van der Waals surface area contributed by atoms with Crippen molar-refractivity contribution in [3.05, 3.63) is 0 Å². The average Bonchev–Trinajstić information content (AvgIpc) is 2.34. The van der Waals surface area contributed by atoms with Crippen molar-refractivity contribution >= 4 is 11.8 Å². The highest BCUT2D eigenvalue weighted by atomic mass is 16.5. The van der Waals surface area contributed by atoms with Crippen LogP contribution >= 0.6 is 0 Å². The summed E-state index contributed by atoms with van der Waals surface area (Å²) in [6, 6.07) is -0.794. The van der Waals surface area contributed by atoms with Crippen molar-refractivity contribution in [2.75, 3.05) is 19.8 Å². The van der Waals surface area contributed by atoms with Crippen LogP contribution in [0, 0.1) is 11.8 Å². The van der Waals surface area contributed by atoms with Gasteiger partial charge in [0.1, 0.15) is 12.1 Å². The van der Waals surface area contributed by atoms with Crippen molar-refractivity contribution in [3.8, 4) is 0 Å². The monoisotopic (exact) mass is 284 g/mol. The molecule has 0 saturated carbocycles. The van der Waals surface area contributed by atoms with Crippen LogP contribution in [0.25, 0.3) is 0 Å². The minimum absolute atomic E-state index is 0.0129. The maximum Gasteiger partial charge on any atom is 0.245 e. The molecule has 1 N–H and O–H groups in total. The van der Waals surface area contributed by atoms with Crippen molar-refractivity contribution in [2.45, 2.75) is 53.1 Å². The summed E-state index contributed by atoms with van der Waals surface area (Å²) in [6.45, 7) is 11.7. The van der Waals surface area contributed by atoms with Gasteiger partial charge in [-0.05, 0) is 25.2 Å². The molecule has 1 rings (SSSR count). The van der Waals surface area contributed by atoms with Gasteiger partial charge in [-0.3, -0.25) is 9.59 Å². The van der Waals surface area contributed by atoms with E-state index in [1.807, 2.05) is 13.8 Å². The predicted octanol–water partition coefficient (Wildman–Crippen LogP) is 1.42. The molecule has 1 saturated heterocycles. The molecule has 0 bridgehead atoms. The van der Waals surface area contributed by atoms with E-state index in [2.05, 4.69) is 19.2 Å². The van der Waals surface area contributed by atoms with Crippen LogP contribution < -0.4 is 5.32 Å². The Morgan fingerprint density at radius 2 is 1.85 bits per heavy atom. The maximum atomic E-state index is 12.4. The van der Waals surface area contributed by atoms with E-state index in [1.54, 1.807) is 11.8 Å². The SMILES string of the molecule is CC(C)COCCN1C(=O)C(CC(C)C)NC(=O)C1C. The lowest BCUT2D eigenvalue weighted by Gasteiger charge is -2.37. The van der Waals surface area contributed by atoms with Gasteiger partial charge in [-0.25, -0.2) is 0 Å². The third-order valence-electron chi connectivity index (χ3n) is 3.38. The van der Waals surface area contributed by atoms with Gasteiger partial charge >= 0.3 is 0 Å². The Bertz CT molecular complexity index is 342. The standard InChI is InChI=1S/C15H28N2O3/c1-10(2)8-13-15(19)17(12(5)14(18)16-13)6-7-20-9-11(3)4/h10-13H,6-9H2,1-5H3,(H,16,18). The Morgan fingerprint density at radius 3 is 2.40 bits per heavy atom. The highest BCUT2D eigenvalue weighted by molar-refractivity contribution is 5.96. The second-order valence-electron chi connectivity index (χ2n) is 6.37. The van der Waals surface area contributed by atoms with Gasteiger partial charge in [0.25, 0.3) is 0 Å². The second-order valence-corrected chi connectivity index (χ2v) is 6.37. The Labute approximate surface area is 122 Å². The van der Waals surface area contributed by atoms with E-state index in [1.165, 1.54) is 0 Å². The molecular weight excluding hydrogens is 256 g/mol. The zero-order valence-corrected chi connectivity index (χ0v) is 13.3. The van der Waals surface area contributed by atoms with Crippen LogP contribution in [-0.4, -0.2) is 48.6 Å². The molecule has 0 aromatic carbocycles. The first kappa shape index (κ1) is 17.0. The number of nitrogens with zero attached hydrogens (tertiary/aromatic N) is 1. The number of ether oxygens (including phenoxy) is 1. The van der Waals surface area contributed by atoms with E-state index in [4.69, 9.17) is 4.74 Å². The first-order chi connectivity index (χ1) is 9.32. The van der Waals surface area contributed by atoms with Crippen LogP contribution in [0.4, 0.5) is 0 Å². The fraction of sp³-hybridized carbons (Fsp3) is 0.867. The number of hydrogen-bond acceptors (Lipinski definition) is 3. The Morgan fingerprint density at radius 1 is 1.20 bits per heavy atom. The summed E-state index contributed by atoms with van der Waals surface area (Å²) in [5.74, 6) is 0.788. The van der Waals surface area contributed by atoms with E-state index in [-0.39, 0.29) is 17.9 Å². The summed E-state index contributed by atoms with van der Waals surface area (Å²) >= 11 is 0. The first-order valence-corrected chi connectivity index (χ1v) is 7.51. The minimum atomic E-state index is -0.409. The molecule has 5 heteroatoms. The average molecular weight is 284 g/mol. The summed E-state index contributed by atoms with van der Waals surface area (Å²) in [6.07, 6.45) is 0.681. The second kappa shape index (κ2) is 7.62. The molecule has 116 valence electrons. The number of carbonyl (C=O) groups excluding carboxylic acids is 2. The minimum Gasteiger partial charge on any atom is -0.379 e. The smallest absolute Gasteiger partial charge is 0.245 e. The molecule has 1 aliphatic heterocycles. The molecule has 0 aliphatic carbocycles. The Kier molecular flexibility index (Phi) is 6.46. The van der Waals surface area contributed by atoms with Crippen molar-refractivity contribution in [2.24, 2.45) is 11.8 Å². The van der Waals surface area contributed by atoms with Gasteiger partial charge in [0.05, 0.1) is 6.61 Å². The number of rotatable bonds is 7. The molecule has 0 spiro atoms. The first-order valence-electron chi connectivity index (χ1n) is 7.51. The molecule has 0 aromatic rings. The van der Waals surface area contributed by atoms with Gasteiger partial charge in [0.2, 0.25) is 11.8 Å². The molecule has 2 amide bonds. The summed E-state index contributed by atoms with van der Waals surface area (Å²) in [5, 5.41) is 2.81. The zero-order valence-electron chi connectivity index (χ0n) is 13.3. The molecule has 20 heavy (non-hydrogen) atoms. The van der Waals surface area contributed by atoms with Gasteiger partial charge in [0.15, 0.2) is 0 Å². The molecule has 2 unspecified atom stereocenters. The van der Waals surface area contributed by atoms with Crippen molar-refractivity contribution in [1.82, 2.24) is 10.2 Å². The fourth-order valence-corrected chi connectivity index (χ4v) is 2.30. The van der Waals surface area contributed by atoms with Crippen LogP contribution in [0.1, 0.15) is 41.0 Å². The number of carbonyl (C=O) groups is 2. The van der Waals surface area contributed by atoms with Crippen LogP contribution in [0.15, 0.2) is 0 Å². The van der Waals surface area contributed by atoms with E-state index in [0.717, 1.165) is 0 Å². The van der Waals surface area contributed by atoms with E-state index >= 15 is 0 Å². The van der Waals surface area contributed by atoms with Crippen LogP contribution in [0.5, 0.6) is 0 Å². The molecular formula is C15H28N2O3. The highest BCUT2D eigenvalue weighted by Crippen LogP contribution is 2.15. The Hall–Kier alpha value is -1.10. The molecule has 5 nitrogen and oxygen atoms in total. The van der Waals surface area contributed by atoms with Gasteiger partial charge in [0, 0.05) is 13.2 Å². The summed E-state index contributed by atoms with van der Waals surface area (Å²) < 4.78 is 5.52. The Balaban J connectivity index is 2.56. The third-order valence-corrected chi connectivity index (χ3v) is 3.38. The van der Waals surface area contributed by atoms with Gasteiger partial charge in [-0.1, -0.05) is 27.7 Å². The maximum absolute atomic E-state index is 12.4. The number of piperazine rings is 1. The fourth-order valence-electron chi connectivity index (χ4n) is 2.30. The van der Waals surface area contributed by atoms with Crippen LogP contribution in [-0.2, 0) is 14.3 Å². The van der Waals surface area contributed by atoms with Crippen molar-refractivity contribution in [1.29, 1.82) is 0 Å². The lowest BCUT2D eigenvalue weighted by molar-refractivity contribution is -0.149. The summed E-state index contributed by atoms with van der Waals surface area (Å²) in [5.41, 5.74) is 0. The molecule has 1 heterocycles. The van der Waals surface area contributed by atoms with Gasteiger partial charge < -0.3 is 15.0 Å². The quantitative estimate of drug-likeness (QED) is 0.719. The summed E-state index contributed by atoms with van der Waals surface area (Å²) in [7, 11) is 0. The van der Waals surface area contributed by atoms with E-state index < -0.39 is 6.04 Å². The third kappa shape index (κ3) is 4.78. The van der Waals surface area contributed by atoms with Crippen molar-refractivity contribution < 1.29 is 14.3 Å². The molecule has 0 radical (unpaired) electrons. The van der Waals surface area contributed by atoms with E-state index in [9.17, 15) is 9.59 Å². The topological polar surface area (TPSA) is 58.6 Å². The lowest BCUT2D eigenvalue weighted by atomic mass is 9.99. The van der Waals surface area contributed by atoms with E-state index in [0.29, 0.717) is 38.0 Å². The molecule has 1 aliphatic rings. The van der Waals surface area contributed by atoms with Crippen LogP contribution in [0.3, 0.4) is 0 Å². The lowest BCUT2D eigenvalue weighted by Crippen LogP contribution is -2.63. The molecule has 2 atom stereocenters. The molecule has 1 fully saturated rings.